The van der Waals surface area contributed by atoms with Gasteiger partial charge < -0.3 is 15.2 Å². The number of hydrogen-bond acceptors (Lipinski definition) is 6. The van der Waals surface area contributed by atoms with Crippen molar-refractivity contribution < 1.29 is 27.9 Å². The molecule has 27 heavy (non-hydrogen) atoms. The van der Waals surface area contributed by atoms with E-state index in [9.17, 15) is 18.0 Å². The number of anilines is 1. The van der Waals surface area contributed by atoms with Gasteiger partial charge in [-0.25, -0.2) is 13.2 Å². The third kappa shape index (κ3) is 5.28. The molecule has 0 radical (unpaired) electrons. The summed E-state index contributed by atoms with van der Waals surface area (Å²) < 4.78 is 32.0. The summed E-state index contributed by atoms with van der Waals surface area (Å²) in [7, 11) is -2.78. The maximum atomic E-state index is 12.5. The lowest BCUT2D eigenvalue weighted by Crippen LogP contribution is -2.44. The van der Waals surface area contributed by atoms with Crippen molar-refractivity contribution in [2.75, 3.05) is 18.4 Å². The summed E-state index contributed by atoms with van der Waals surface area (Å²) in [5.41, 5.74) is 1.39. The number of ether oxygens (including phenoxy) is 1. The number of carbonyl (C=O) groups is 2. The van der Waals surface area contributed by atoms with E-state index >= 15 is 0 Å². The largest absolute Gasteiger partial charge is 0.467 e. The molecule has 0 aromatic heterocycles. The maximum Gasteiger partial charge on any atom is 0.330 e. The van der Waals surface area contributed by atoms with Crippen LogP contribution in [0, 0.1) is 6.92 Å². The molecule has 0 aliphatic heterocycles. The number of sulfonamides is 1. The molecule has 0 saturated carbocycles. The second-order valence-corrected chi connectivity index (χ2v) is 7.41. The third-order valence-corrected chi connectivity index (χ3v) is 5.06. The molecule has 0 aliphatic rings. The smallest absolute Gasteiger partial charge is 0.330 e. The van der Waals surface area contributed by atoms with Crippen LogP contribution in [0.2, 0.25) is 0 Å². The fourth-order valence-electron chi connectivity index (χ4n) is 2.20. The van der Waals surface area contributed by atoms with Crippen molar-refractivity contribution in [2.45, 2.75) is 17.9 Å². The van der Waals surface area contributed by atoms with Gasteiger partial charge in [0.2, 0.25) is 0 Å². The average molecular weight is 392 g/mol. The standard InChI is InChI=1S/C18H20N2O6S/c1-12-6-8-14(9-7-12)20-27(24,25)15-5-3-4-13(10-15)17(22)19-16(11-21)18(23)26-2/h3-10,16,20-21H,11H2,1-2H3,(H,19,22)/t16-/m0/s1. The molecule has 0 heterocycles. The van der Waals surface area contributed by atoms with Crippen molar-refractivity contribution in [3.8, 4) is 0 Å². The van der Waals surface area contributed by atoms with Gasteiger partial charge in [-0.05, 0) is 37.3 Å². The van der Waals surface area contributed by atoms with Gasteiger partial charge in [-0.15, -0.1) is 0 Å². The Morgan fingerprint density at radius 1 is 1.15 bits per heavy atom. The van der Waals surface area contributed by atoms with Crippen LogP contribution >= 0.6 is 0 Å². The maximum absolute atomic E-state index is 12.5. The first kappa shape index (κ1) is 20.4. The molecule has 0 fully saturated rings. The zero-order valence-electron chi connectivity index (χ0n) is 14.8. The van der Waals surface area contributed by atoms with Gasteiger partial charge >= 0.3 is 5.97 Å². The van der Waals surface area contributed by atoms with E-state index in [-0.39, 0.29) is 10.5 Å². The Morgan fingerprint density at radius 2 is 1.81 bits per heavy atom. The second-order valence-electron chi connectivity index (χ2n) is 5.73. The molecule has 0 aliphatic carbocycles. The van der Waals surface area contributed by atoms with Crippen LogP contribution < -0.4 is 10.0 Å². The molecule has 1 amide bonds. The van der Waals surface area contributed by atoms with E-state index in [1.54, 1.807) is 24.3 Å². The first-order chi connectivity index (χ1) is 12.8. The van der Waals surface area contributed by atoms with Crippen molar-refractivity contribution in [3.63, 3.8) is 0 Å². The highest BCUT2D eigenvalue weighted by Gasteiger charge is 2.22. The van der Waals surface area contributed by atoms with Gasteiger partial charge in [0.15, 0.2) is 6.04 Å². The van der Waals surface area contributed by atoms with Crippen LogP contribution in [0.3, 0.4) is 0 Å². The first-order valence-electron chi connectivity index (χ1n) is 7.96. The van der Waals surface area contributed by atoms with Gasteiger partial charge in [0.1, 0.15) is 0 Å². The van der Waals surface area contributed by atoms with Crippen LogP contribution in [0.15, 0.2) is 53.4 Å². The molecular formula is C18H20N2O6S. The average Bonchev–Trinajstić information content (AvgIpc) is 2.67. The predicted molar refractivity (Wildman–Crippen MR) is 98.8 cm³/mol. The number of carbonyl (C=O) groups excluding carboxylic acids is 2. The first-order valence-corrected chi connectivity index (χ1v) is 9.44. The fraction of sp³-hybridized carbons (Fsp3) is 0.222. The lowest BCUT2D eigenvalue weighted by Gasteiger charge is -2.14. The molecule has 0 spiro atoms. The molecule has 144 valence electrons. The number of methoxy groups -OCH3 is 1. The molecule has 2 aromatic rings. The minimum Gasteiger partial charge on any atom is -0.467 e. The molecule has 8 nitrogen and oxygen atoms in total. The summed E-state index contributed by atoms with van der Waals surface area (Å²) in [6.07, 6.45) is 0. The van der Waals surface area contributed by atoms with Gasteiger partial charge in [0.25, 0.3) is 15.9 Å². The summed E-state index contributed by atoms with van der Waals surface area (Å²) in [5.74, 6) is -1.53. The van der Waals surface area contributed by atoms with E-state index in [0.717, 1.165) is 12.7 Å². The highest BCUT2D eigenvalue weighted by atomic mass is 32.2. The summed E-state index contributed by atoms with van der Waals surface area (Å²) in [6.45, 7) is 1.24. The number of hydrogen-bond donors (Lipinski definition) is 3. The van der Waals surface area contributed by atoms with E-state index in [2.05, 4.69) is 14.8 Å². The number of aliphatic hydroxyl groups is 1. The third-order valence-electron chi connectivity index (χ3n) is 3.68. The zero-order chi connectivity index (χ0) is 20.0. The number of nitrogens with one attached hydrogen (secondary N) is 2. The summed E-state index contributed by atoms with van der Waals surface area (Å²) in [6, 6.07) is 10.9. The Kier molecular flexibility index (Phi) is 6.54. The van der Waals surface area contributed by atoms with Crippen LogP contribution in [-0.4, -0.2) is 45.2 Å². The van der Waals surface area contributed by atoms with Gasteiger partial charge in [-0.1, -0.05) is 23.8 Å². The molecule has 2 aromatic carbocycles. The number of rotatable bonds is 7. The van der Waals surface area contributed by atoms with Crippen LogP contribution in [0.1, 0.15) is 15.9 Å². The number of benzene rings is 2. The molecular weight excluding hydrogens is 372 g/mol. The lowest BCUT2D eigenvalue weighted by atomic mass is 10.2. The minimum atomic E-state index is -3.91. The van der Waals surface area contributed by atoms with Gasteiger partial charge in [0, 0.05) is 11.3 Å². The highest BCUT2D eigenvalue weighted by Crippen LogP contribution is 2.17. The Labute approximate surface area is 157 Å². The zero-order valence-corrected chi connectivity index (χ0v) is 15.6. The normalized spacial score (nSPS) is 12.1. The number of amides is 1. The molecule has 3 N–H and O–H groups in total. The highest BCUT2D eigenvalue weighted by molar-refractivity contribution is 7.92. The Morgan fingerprint density at radius 3 is 2.41 bits per heavy atom. The molecule has 0 bridgehead atoms. The van der Waals surface area contributed by atoms with Gasteiger partial charge in [-0.3, -0.25) is 9.52 Å². The number of aliphatic hydroxyl groups excluding tert-OH is 1. The van der Waals surface area contributed by atoms with E-state index in [4.69, 9.17) is 5.11 Å². The number of aryl methyl sites for hydroxylation is 1. The molecule has 2 rings (SSSR count). The van der Waals surface area contributed by atoms with Crippen molar-refractivity contribution in [2.24, 2.45) is 0 Å². The summed E-state index contributed by atoms with van der Waals surface area (Å²) in [4.78, 5) is 23.6. The molecule has 0 unspecified atom stereocenters. The molecule has 1 atom stereocenters. The molecule has 0 saturated heterocycles. The minimum absolute atomic E-state index is 0.0177. The van der Waals surface area contributed by atoms with Crippen molar-refractivity contribution in [1.82, 2.24) is 5.32 Å². The van der Waals surface area contributed by atoms with Crippen molar-refractivity contribution >= 4 is 27.6 Å². The Hall–Kier alpha value is -2.91. The summed E-state index contributed by atoms with van der Waals surface area (Å²) >= 11 is 0. The lowest BCUT2D eigenvalue weighted by molar-refractivity contribution is -0.143. The van der Waals surface area contributed by atoms with Gasteiger partial charge in [-0.2, -0.15) is 0 Å². The van der Waals surface area contributed by atoms with Gasteiger partial charge in [0.05, 0.1) is 18.6 Å². The molecule has 9 heteroatoms. The van der Waals surface area contributed by atoms with Crippen LogP contribution in [0.5, 0.6) is 0 Å². The Balaban J connectivity index is 2.21. The van der Waals surface area contributed by atoms with E-state index in [1.165, 1.54) is 24.3 Å². The van der Waals surface area contributed by atoms with Crippen molar-refractivity contribution in [1.29, 1.82) is 0 Å². The monoisotopic (exact) mass is 392 g/mol. The fourth-order valence-corrected chi connectivity index (χ4v) is 3.31. The number of esters is 1. The quantitative estimate of drug-likeness (QED) is 0.606. The SMILES string of the molecule is COC(=O)[C@H](CO)NC(=O)c1cccc(S(=O)(=O)Nc2ccc(C)cc2)c1. The topological polar surface area (TPSA) is 122 Å². The van der Waals surface area contributed by atoms with E-state index in [1.807, 2.05) is 6.92 Å². The van der Waals surface area contributed by atoms with Crippen LogP contribution in [-0.2, 0) is 19.6 Å². The van der Waals surface area contributed by atoms with Crippen molar-refractivity contribution in [3.05, 3.63) is 59.7 Å². The van der Waals surface area contributed by atoms with Crippen LogP contribution in [0.25, 0.3) is 0 Å². The van der Waals surface area contributed by atoms with Crippen LogP contribution in [0.4, 0.5) is 5.69 Å². The predicted octanol–water partition coefficient (Wildman–Crippen LogP) is 1.06. The van der Waals surface area contributed by atoms with E-state index in [0.29, 0.717) is 5.69 Å². The second kappa shape index (κ2) is 8.65. The Bertz CT molecular complexity index is 925. The van der Waals surface area contributed by atoms with E-state index < -0.39 is 34.5 Å². The summed E-state index contributed by atoms with van der Waals surface area (Å²) in [5, 5.41) is 11.5.